The van der Waals surface area contributed by atoms with Crippen LogP contribution in [-0.4, -0.2) is 19.2 Å². The number of rotatable bonds is 6. The zero-order valence-electron chi connectivity index (χ0n) is 12.2. The molecule has 120 valence electrons. The lowest BCUT2D eigenvalue weighted by Gasteiger charge is -2.26. The van der Waals surface area contributed by atoms with Gasteiger partial charge in [-0.1, -0.05) is 38.1 Å². The fourth-order valence-electron chi connectivity index (χ4n) is 2.14. The van der Waals surface area contributed by atoms with E-state index in [1.807, 2.05) is 13.8 Å². The molecule has 0 saturated heterocycles. The molecule has 1 unspecified atom stereocenters. The molecule has 0 radical (unpaired) electrons. The molecule has 1 aromatic rings. The lowest BCUT2D eigenvalue weighted by molar-refractivity contribution is -0.291. The second-order valence-electron chi connectivity index (χ2n) is 5.43. The van der Waals surface area contributed by atoms with Crippen LogP contribution in [0.5, 0.6) is 0 Å². The highest BCUT2D eigenvalue weighted by molar-refractivity contribution is 5.30. The summed E-state index contributed by atoms with van der Waals surface area (Å²) in [4.78, 5) is 0. The van der Waals surface area contributed by atoms with Gasteiger partial charge in [0.05, 0.1) is 12.5 Å². The summed E-state index contributed by atoms with van der Waals surface area (Å²) < 4.78 is 68.4. The Balaban J connectivity index is 3.06. The summed E-state index contributed by atoms with van der Waals surface area (Å²) in [5.41, 5.74) is 1.12. The first-order valence-electron chi connectivity index (χ1n) is 6.63. The van der Waals surface area contributed by atoms with E-state index in [1.54, 1.807) is 24.3 Å². The highest BCUT2D eigenvalue weighted by atomic mass is 19.4. The molecule has 0 fully saturated rings. The summed E-state index contributed by atoms with van der Waals surface area (Å²) >= 11 is 0. The third-order valence-corrected chi connectivity index (χ3v) is 3.17. The van der Waals surface area contributed by atoms with Crippen LogP contribution in [0.2, 0.25) is 0 Å². The molecule has 0 aliphatic heterocycles. The minimum Gasteiger partial charge on any atom is -0.377 e. The van der Waals surface area contributed by atoms with Gasteiger partial charge in [0.2, 0.25) is 0 Å². The quantitative estimate of drug-likeness (QED) is 0.659. The minimum atomic E-state index is -5.57. The largest absolute Gasteiger partial charge is 0.453 e. The van der Waals surface area contributed by atoms with Crippen LogP contribution in [0.3, 0.4) is 0 Å². The molecule has 1 nitrogen and oxygen atoms in total. The van der Waals surface area contributed by atoms with Crippen molar-refractivity contribution in [3.63, 3.8) is 0 Å². The van der Waals surface area contributed by atoms with E-state index in [1.165, 1.54) is 0 Å². The van der Waals surface area contributed by atoms with Gasteiger partial charge in [0, 0.05) is 7.11 Å². The molecule has 0 aliphatic carbocycles. The van der Waals surface area contributed by atoms with E-state index in [0.29, 0.717) is 12.0 Å². The Labute approximate surface area is 121 Å². The Hall–Kier alpha value is -1.17. The molecule has 0 heterocycles. The molecule has 0 aromatic heterocycles. The first-order valence-corrected chi connectivity index (χ1v) is 6.63. The van der Waals surface area contributed by atoms with E-state index in [9.17, 15) is 22.0 Å². The molecule has 1 atom stereocenters. The molecule has 21 heavy (non-hydrogen) atoms. The maximum Gasteiger partial charge on any atom is 0.453 e. The summed E-state index contributed by atoms with van der Waals surface area (Å²) in [6.07, 6.45) is -7.69. The molecular weight excluding hydrogens is 291 g/mol. The second-order valence-corrected chi connectivity index (χ2v) is 5.43. The number of ether oxygens (including phenoxy) is 1. The van der Waals surface area contributed by atoms with Gasteiger partial charge in [0.25, 0.3) is 0 Å². The van der Waals surface area contributed by atoms with Crippen LogP contribution in [0.1, 0.15) is 37.5 Å². The monoisotopic (exact) mass is 310 g/mol. The number of hydrogen-bond acceptors (Lipinski definition) is 1. The number of alkyl halides is 5. The third kappa shape index (κ3) is 4.66. The summed E-state index contributed by atoms with van der Waals surface area (Å²) in [6.45, 7) is 3.89. The summed E-state index contributed by atoms with van der Waals surface area (Å²) in [6, 6.07) is 6.61. The zero-order chi connectivity index (χ0) is 16.3. The van der Waals surface area contributed by atoms with Crippen LogP contribution in [0.15, 0.2) is 24.3 Å². The van der Waals surface area contributed by atoms with Crippen molar-refractivity contribution in [2.75, 3.05) is 7.11 Å². The fourth-order valence-corrected chi connectivity index (χ4v) is 2.14. The predicted molar refractivity (Wildman–Crippen MR) is 70.4 cm³/mol. The van der Waals surface area contributed by atoms with Crippen molar-refractivity contribution in [2.45, 2.75) is 44.9 Å². The predicted octanol–water partition coefficient (Wildman–Crippen LogP) is 5.16. The fraction of sp³-hybridized carbons (Fsp3) is 0.600. The van der Waals surface area contributed by atoms with Crippen molar-refractivity contribution in [3.05, 3.63) is 35.4 Å². The molecule has 0 spiro atoms. The molecule has 1 aromatic carbocycles. The molecule has 6 heteroatoms. The molecule has 0 aliphatic rings. The van der Waals surface area contributed by atoms with Crippen LogP contribution in [0.25, 0.3) is 0 Å². The van der Waals surface area contributed by atoms with E-state index < -0.39 is 24.6 Å². The second kappa shape index (κ2) is 6.73. The lowest BCUT2D eigenvalue weighted by Crippen LogP contribution is -2.38. The van der Waals surface area contributed by atoms with Crippen molar-refractivity contribution in [1.82, 2.24) is 0 Å². The van der Waals surface area contributed by atoms with E-state index in [4.69, 9.17) is 4.74 Å². The average molecular weight is 310 g/mol. The van der Waals surface area contributed by atoms with Crippen molar-refractivity contribution >= 4 is 0 Å². The van der Waals surface area contributed by atoms with Gasteiger partial charge in [-0.3, -0.25) is 0 Å². The number of benzene rings is 1. The number of methoxy groups -OCH3 is 1. The Morgan fingerprint density at radius 2 is 1.62 bits per heavy atom. The van der Waals surface area contributed by atoms with Crippen molar-refractivity contribution < 1.29 is 26.7 Å². The van der Waals surface area contributed by atoms with Crippen molar-refractivity contribution in [2.24, 2.45) is 5.92 Å². The first kappa shape index (κ1) is 17.9. The van der Waals surface area contributed by atoms with Crippen molar-refractivity contribution in [1.29, 1.82) is 0 Å². The highest BCUT2D eigenvalue weighted by Crippen LogP contribution is 2.43. The molecule has 0 saturated carbocycles. The first-order chi connectivity index (χ1) is 9.58. The molecular formula is C15H19F5O. The Bertz CT molecular complexity index is 454. The van der Waals surface area contributed by atoms with Gasteiger partial charge in [-0.05, 0) is 23.5 Å². The van der Waals surface area contributed by atoms with Gasteiger partial charge in [-0.25, -0.2) is 0 Å². The van der Waals surface area contributed by atoms with Gasteiger partial charge in [0.15, 0.2) is 0 Å². The van der Waals surface area contributed by atoms with E-state index in [-0.39, 0.29) is 5.92 Å². The maximum atomic E-state index is 13.2. The summed E-state index contributed by atoms with van der Waals surface area (Å²) in [5, 5.41) is 0. The normalized spacial score (nSPS) is 14.5. The third-order valence-electron chi connectivity index (χ3n) is 3.17. The lowest BCUT2D eigenvalue weighted by atomic mass is 9.92. The smallest absolute Gasteiger partial charge is 0.377 e. The SMILES string of the molecule is COC(CC(F)(F)C(F)(F)F)c1ccccc1CC(C)C. The standard InChI is InChI=1S/C15H19F5O/c1-10(2)8-11-6-4-5-7-12(11)13(21-3)9-14(16,17)15(18,19)20/h4-7,10,13H,8-9H2,1-3H3. The van der Waals surface area contributed by atoms with Crippen LogP contribution < -0.4 is 0 Å². The van der Waals surface area contributed by atoms with Gasteiger partial charge >= 0.3 is 12.1 Å². The zero-order valence-corrected chi connectivity index (χ0v) is 12.2. The summed E-state index contributed by atoms with van der Waals surface area (Å²) in [7, 11) is 1.14. The Morgan fingerprint density at radius 3 is 2.10 bits per heavy atom. The van der Waals surface area contributed by atoms with Gasteiger partial charge < -0.3 is 4.74 Å². The molecule has 0 N–H and O–H groups in total. The molecule has 0 bridgehead atoms. The van der Waals surface area contributed by atoms with Gasteiger partial charge in [-0.15, -0.1) is 0 Å². The minimum absolute atomic E-state index is 0.256. The van der Waals surface area contributed by atoms with Crippen LogP contribution in [0.4, 0.5) is 22.0 Å². The van der Waals surface area contributed by atoms with Crippen molar-refractivity contribution in [3.8, 4) is 0 Å². The highest BCUT2D eigenvalue weighted by Gasteiger charge is 2.58. The average Bonchev–Trinajstić information content (AvgIpc) is 2.35. The molecule has 0 amide bonds. The Kier molecular flexibility index (Phi) is 5.73. The van der Waals surface area contributed by atoms with E-state index in [2.05, 4.69) is 0 Å². The number of hydrogen-bond donors (Lipinski definition) is 0. The maximum absolute atomic E-state index is 13.2. The van der Waals surface area contributed by atoms with Crippen LogP contribution in [-0.2, 0) is 11.2 Å². The number of halogens is 5. The summed E-state index contributed by atoms with van der Waals surface area (Å²) in [5.74, 6) is -4.52. The van der Waals surface area contributed by atoms with Gasteiger partial charge in [-0.2, -0.15) is 22.0 Å². The molecule has 1 rings (SSSR count). The Morgan fingerprint density at radius 1 is 1.05 bits per heavy atom. The van der Waals surface area contributed by atoms with E-state index >= 15 is 0 Å². The van der Waals surface area contributed by atoms with Gasteiger partial charge in [0.1, 0.15) is 0 Å². The van der Waals surface area contributed by atoms with E-state index in [0.717, 1.165) is 12.7 Å². The topological polar surface area (TPSA) is 9.23 Å². The van der Waals surface area contributed by atoms with Crippen LogP contribution in [0, 0.1) is 5.92 Å². The van der Waals surface area contributed by atoms with Crippen LogP contribution >= 0.6 is 0 Å².